The molecule has 0 aliphatic rings. The van der Waals surface area contributed by atoms with Gasteiger partial charge < -0.3 is 4.57 Å². The second-order valence-corrected chi connectivity index (χ2v) is 11.2. The standard InChI is InChI=1S/C24H30ClN3O3S2/c1-4-7-15-27(16-8-5-2)33(30,31)20-12-9-18(10-13-20)23(29)26-24-28(6-3)21-14-11-19(25)17-22(21)32-24/h9-14,17H,4-8,15-16H2,1-3H3. The SMILES string of the molecule is CCCCN(CCCC)S(=O)(=O)c1ccc(C(=O)N=c2sc3cc(Cl)ccc3n2CC)cc1. The fourth-order valence-electron chi connectivity index (χ4n) is 3.53. The number of amides is 1. The first kappa shape index (κ1) is 25.6. The first-order chi connectivity index (χ1) is 15.8. The largest absolute Gasteiger partial charge is 0.317 e. The molecule has 0 bridgehead atoms. The number of aromatic nitrogens is 1. The van der Waals surface area contributed by atoms with Gasteiger partial charge >= 0.3 is 0 Å². The van der Waals surface area contributed by atoms with Gasteiger partial charge in [-0.2, -0.15) is 9.30 Å². The summed E-state index contributed by atoms with van der Waals surface area (Å²) in [6.45, 7) is 7.75. The van der Waals surface area contributed by atoms with Gasteiger partial charge in [-0.15, -0.1) is 0 Å². The lowest BCUT2D eigenvalue weighted by atomic mass is 10.2. The van der Waals surface area contributed by atoms with Crippen LogP contribution in [0.5, 0.6) is 0 Å². The van der Waals surface area contributed by atoms with Gasteiger partial charge in [0.25, 0.3) is 5.91 Å². The van der Waals surface area contributed by atoms with E-state index in [0.29, 0.717) is 35.0 Å². The highest BCUT2D eigenvalue weighted by atomic mass is 35.5. The molecule has 0 saturated carbocycles. The minimum absolute atomic E-state index is 0.200. The van der Waals surface area contributed by atoms with Crippen molar-refractivity contribution in [3.8, 4) is 0 Å². The summed E-state index contributed by atoms with van der Waals surface area (Å²) in [7, 11) is -3.60. The van der Waals surface area contributed by atoms with Gasteiger partial charge in [-0.3, -0.25) is 4.79 Å². The van der Waals surface area contributed by atoms with Crippen LogP contribution in [0.15, 0.2) is 52.4 Å². The number of hydrogen-bond donors (Lipinski definition) is 0. The summed E-state index contributed by atoms with van der Waals surface area (Å²) in [6.07, 6.45) is 3.48. The van der Waals surface area contributed by atoms with Crippen LogP contribution in [0, 0.1) is 0 Å². The predicted molar refractivity (Wildman–Crippen MR) is 135 cm³/mol. The van der Waals surface area contributed by atoms with E-state index in [9.17, 15) is 13.2 Å². The fourth-order valence-corrected chi connectivity index (χ4v) is 6.41. The third-order valence-corrected chi connectivity index (χ3v) is 8.61. The molecule has 33 heavy (non-hydrogen) atoms. The van der Waals surface area contributed by atoms with Crippen molar-refractivity contribution in [2.75, 3.05) is 13.1 Å². The van der Waals surface area contributed by atoms with Crippen LogP contribution in [0.2, 0.25) is 5.02 Å². The maximum absolute atomic E-state index is 13.1. The first-order valence-electron chi connectivity index (χ1n) is 11.3. The van der Waals surface area contributed by atoms with Gasteiger partial charge in [0.1, 0.15) is 0 Å². The zero-order chi connectivity index (χ0) is 24.0. The Morgan fingerprint density at radius 1 is 1.03 bits per heavy atom. The number of benzene rings is 2. The van der Waals surface area contributed by atoms with Gasteiger partial charge in [-0.25, -0.2) is 8.42 Å². The minimum atomic E-state index is -3.60. The lowest BCUT2D eigenvalue weighted by Gasteiger charge is -2.22. The number of hydrogen-bond acceptors (Lipinski definition) is 4. The number of unbranched alkanes of at least 4 members (excludes halogenated alkanes) is 2. The second-order valence-electron chi connectivity index (χ2n) is 7.79. The maximum Gasteiger partial charge on any atom is 0.279 e. The molecule has 0 spiro atoms. The van der Waals surface area contributed by atoms with E-state index < -0.39 is 15.9 Å². The molecule has 0 atom stereocenters. The Hall–Kier alpha value is -2.00. The van der Waals surface area contributed by atoms with E-state index in [1.54, 1.807) is 4.31 Å². The molecular formula is C24H30ClN3O3S2. The van der Waals surface area contributed by atoms with E-state index in [2.05, 4.69) is 4.99 Å². The fraction of sp³-hybridized carbons (Fsp3) is 0.417. The normalized spacial score (nSPS) is 12.7. The van der Waals surface area contributed by atoms with Crippen molar-refractivity contribution in [1.82, 2.24) is 8.87 Å². The molecule has 9 heteroatoms. The Bertz CT molecular complexity index is 1270. The molecule has 3 aromatic rings. The van der Waals surface area contributed by atoms with Crippen molar-refractivity contribution in [1.29, 1.82) is 0 Å². The Kier molecular flexibility index (Phi) is 8.87. The van der Waals surface area contributed by atoms with Gasteiger partial charge in [0.15, 0.2) is 4.80 Å². The summed E-state index contributed by atoms with van der Waals surface area (Å²) in [5, 5.41) is 0.633. The smallest absolute Gasteiger partial charge is 0.279 e. The molecule has 0 radical (unpaired) electrons. The van der Waals surface area contributed by atoms with Crippen molar-refractivity contribution in [3.63, 3.8) is 0 Å². The monoisotopic (exact) mass is 507 g/mol. The number of aryl methyl sites for hydroxylation is 1. The summed E-state index contributed by atoms with van der Waals surface area (Å²) in [6, 6.07) is 11.7. The summed E-state index contributed by atoms with van der Waals surface area (Å²) >= 11 is 7.50. The third kappa shape index (κ3) is 5.93. The summed E-state index contributed by atoms with van der Waals surface area (Å²) in [5.74, 6) is -0.410. The number of carbonyl (C=O) groups excluding carboxylic acids is 1. The van der Waals surface area contributed by atoms with Crippen molar-refractivity contribution in [2.45, 2.75) is 57.9 Å². The highest BCUT2D eigenvalue weighted by Gasteiger charge is 2.23. The quantitative estimate of drug-likeness (QED) is 0.353. The number of carbonyl (C=O) groups is 1. The summed E-state index contributed by atoms with van der Waals surface area (Å²) < 4.78 is 30.7. The Morgan fingerprint density at radius 3 is 2.24 bits per heavy atom. The Balaban J connectivity index is 1.89. The van der Waals surface area contributed by atoms with Crippen LogP contribution in [-0.4, -0.2) is 36.3 Å². The maximum atomic E-state index is 13.1. The average molecular weight is 508 g/mol. The van der Waals surface area contributed by atoms with E-state index >= 15 is 0 Å². The van der Waals surface area contributed by atoms with E-state index in [0.717, 1.165) is 35.9 Å². The van der Waals surface area contributed by atoms with Crippen LogP contribution in [-0.2, 0) is 16.6 Å². The number of sulfonamides is 1. The molecule has 1 aromatic heterocycles. The van der Waals surface area contributed by atoms with Crippen LogP contribution >= 0.6 is 22.9 Å². The molecule has 0 N–H and O–H groups in total. The van der Waals surface area contributed by atoms with Crippen molar-refractivity contribution < 1.29 is 13.2 Å². The number of halogens is 1. The molecule has 178 valence electrons. The van der Waals surface area contributed by atoms with Crippen LogP contribution in [0.1, 0.15) is 56.8 Å². The van der Waals surface area contributed by atoms with Crippen molar-refractivity contribution in [2.24, 2.45) is 4.99 Å². The third-order valence-electron chi connectivity index (χ3n) is 5.42. The van der Waals surface area contributed by atoms with E-state index in [4.69, 9.17) is 11.6 Å². The van der Waals surface area contributed by atoms with Gasteiger partial charge in [0.05, 0.1) is 15.1 Å². The molecule has 1 heterocycles. The van der Waals surface area contributed by atoms with E-state index in [1.807, 2.05) is 43.5 Å². The van der Waals surface area contributed by atoms with Crippen LogP contribution in [0.4, 0.5) is 0 Å². The zero-order valence-electron chi connectivity index (χ0n) is 19.3. The van der Waals surface area contributed by atoms with Gasteiger partial charge in [0, 0.05) is 30.2 Å². The highest BCUT2D eigenvalue weighted by Crippen LogP contribution is 2.22. The van der Waals surface area contributed by atoms with Gasteiger partial charge in [0.2, 0.25) is 10.0 Å². The number of rotatable bonds is 10. The van der Waals surface area contributed by atoms with Crippen molar-refractivity contribution >= 4 is 49.1 Å². The van der Waals surface area contributed by atoms with E-state index in [1.165, 1.54) is 35.6 Å². The molecule has 0 aliphatic carbocycles. The highest BCUT2D eigenvalue weighted by molar-refractivity contribution is 7.89. The minimum Gasteiger partial charge on any atom is -0.317 e. The van der Waals surface area contributed by atoms with Gasteiger partial charge in [-0.05, 0) is 62.2 Å². The molecule has 1 amide bonds. The average Bonchev–Trinajstić information content (AvgIpc) is 3.14. The predicted octanol–water partition coefficient (Wildman–Crippen LogP) is 5.71. The topological polar surface area (TPSA) is 71.7 Å². The summed E-state index contributed by atoms with van der Waals surface area (Å²) in [5.41, 5.74) is 1.32. The van der Waals surface area contributed by atoms with Crippen LogP contribution in [0.25, 0.3) is 10.2 Å². The van der Waals surface area contributed by atoms with Crippen molar-refractivity contribution in [3.05, 3.63) is 57.9 Å². The lowest BCUT2D eigenvalue weighted by Crippen LogP contribution is -2.33. The number of thiazole rings is 1. The molecule has 3 rings (SSSR count). The van der Waals surface area contributed by atoms with Crippen LogP contribution in [0.3, 0.4) is 0 Å². The van der Waals surface area contributed by atoms with Gasteiger partial charge in [-0.1, -0.05) is 49.6 Å². The van der Waals surface area contributed by atoms with E-state index in [-0.39, 0.29) is 4.90 Å². The van der Waals surface area contributed by atoms with Crippen LogP contribution < -0.4 is 4.80 Å². The Morgan fingerprint density at radius 2 is 1.67 bits per heavy atom. The lowest BCUT2D eigenvalue weighted by molar-refractivity contribution is 0.0997. The molecule has 0 unspecified atom stereocenters. The molecule has 0 aliphatic heterocycles. The molecule has 0 fully saturated rings. The molecule has 2 aromatic carbocycles. The zero-order valence-corrected chi connectivity index (χ0v) is 21.6. The molecule has 6 nitrogen and oxygen atoms in total. The number of fused-ring (bicyclic) bond motifs is 1. The molecule has 0 saturated heterocycles. The first-order valence-corrected chi connectivity index (χ1v) is 13.9. The number of nitrogens with zero attached hydrogens (tertiary/aromatic N) is 3. The Labute approximate surface area is 204 Å². The second kappa shape index (κ2) is 11.4. The summed E-state index contributed by atoms with van der Waals surface area (Å²) in [4.78, 5) is 17.9. The molecular weight excluding hydrogens is 478 g/mol.